The highest BCUT2D eigenvalue weighted by atomic mass is 19.4. The van der Waals surface area contributed by atoms with Gasteiger partial charge in [-0.2, -0.15) is 13.2 Å². The fourth-order valence-corrected chi connectivity index (χ4v) is 3.76. The number of amides is 1. The minimum absolute atomic E-state index is 0.104. The summed E-state index contributed by atoms with van der Waals surface area (Å²) in [5.74, 6) is -0.104. The summed E-state index contributed by atoms with van der Waals surface area (Å²) in [6.07, 6.45) is -2.61. The molecule has 0 bridgehead atoms. The number of aromatic nitrogens is 1. The van der Waals surface area contributed by atoms with Crippen molar-refractivity contribution in [1.29, 1.82) is 0 Å². The summed E-state index contributed by atoms with van der Waals surface area (Å²) in [7, 11) is 0. The number of carbonyl (C=O) groups excluding carboxylic acids is 1. The van der Waals surface area contributed by atoms with Gasteiger partial charge in [0.05, 0.1) is 11.3 Å². The molecular weight excluding hydrogens is 403 g/mol. The van der Waals surface area contributed by atoms with Crippen LogP contribution in [0.4, 0.5) is 13.2 Å². The van der Waals surface area contributed by atoms with Gasteiger partial charge in [-0.15, -0.1) is 0 Å². The van der Waals surface area contributed by atoms with Gasteiger partial charge >= 0.3 is 6.18 Å². The molecule has 2 heterocycles. The van der Waals surface area contributed by atoms with Gasteiger partial charge in [0.2, 0.25) is 0 Å². The van der Waals surface area contributed by atoms with E-state index in [2.05, 4.69) is 9.88 Å². The summed E-state index contributed by atoms with van der Waals surface area (Å²) >= 11 is 0. The Bertz CT molecular complexity index is 1030. The summed E-state index contributed by atoms with van der Waals surface area (Å²) in [4.78, 5) is 21.6. The van der Waals surface area contributed by atoms with Gasteiger partial charge in [-0.1, -0.05) is 36.4 Å². The van der Waals surface area contributed by atoms with Crippen molar-refractivity contribution in [3.63, 3.8) is 0 Å². The summed E-state index contributed by atoms with van der Waals surface area (Å²) in [5.41, 5.74) is 2.02. The molecule has 0 radical (unpaired) electrons. The Labute approximate surface area is 178 Å². The van der Waals surface area contributed by atoms with Crippen molar-refractivity contribution in [2.75, 3.05) is 26.2 Å². The molecule has 1 amide bonds. The summed E-state index contributed by atoms with van der Waals surface area (Å²) in [5, 5.41) is 0. The maximum absolute atomic E-state index is 13.2. The van der Waals surface area contributed by atoms with Crippen LogP contribution in [0.15, 0.2) is 72.9 Å². The van der Waals surface area contributed by atoms with Crippen molar-refractivity contribution in [2.24, 2.45) is 0 Å². The Morgan fingerprint density at radius 2 is 1.55 bits per heavy atom. The Balaban J connectivity index is 1.46. The van der Waals surface area contributed by atoms with E-state index >= 15 is 0 Å². The van der Waals surface area contributed by atoms with Crippen molar-refractivity contribution in [2.45, 2.75) is 12.7 Å². The van der Waals surface area contributed by atoms with Crippen LogP contribution in [0, 0.1) is 0 Å². The van der Waals surface area contributed by atoms with Crippen LogP contribution in [-0.2, 0) is 12.7 Å². The first-order valence-corrected chi connectivity index (χ1v) is 10.1. The number of carbonyl (C=O) groups is 1. The number of hydrogen-bond acceptors (Lipinski definition) is 3. The van der Waals surface area contributed by atoms with Crippen molar-refractivity contribution in [1.82, 2.24) is 14.8 Å². The first-order valence-electron chi connectivity index (χ1n) is 10.1. The first kappa shape index (κ1) is 21.1. The van der Waals surface area contributed by atoms with Crippen LogP contribution in [0.3, 0.4) is 0 Å². The number of benzene rings is 2. The molecule has 1 fully saturated rings. The molecule has 0 saturated carbocycles. The van der Waals surface area contributed by atoms with Crippen LogP contribution in [0.1, 0.15) is 21.6 Å². The van der Waals surface area contributed by atoms with E-state index < -0.39 is 11.7 Å². The van der Waals surface area contributed by atoms with E-state index in [0.717, 1.165) is 37.5 Å². The molecule has 2 aromatic carbocycles. The lowest BCUT2D eigenvalue weighted by Gasteiger charge is -2.35. The highest BCUT2D eigenvalue weighted by Crippen LogP contribution is 2.32. The molecule has 0 atom stereocenters. The van der Waals surface area contributed by atoms with Gasteiger partial charge in [0.15, 0.2) is 0 Å². The molecule has 0 unspecified atom stereocenters. The topological polar surface area (TPSA) is 36.4 Å². The van der Waals surface area contributed by atoms with Crippen LogP contribution >= 0.6 is 0 Å². The molecule has 0 spiro atoms. The number of halogens is 3. The Morgan fingerprint density at radius 1 is 0.871 bits per heavy atom. The molecular formula is C24H22F3N3O. The lowest BCUT2D eigenvalue weighted by atomic mass is 9.97. The van der Waals surface area contributed by atoms with E-state index in [-0.39, 0.29) is 5.91 Å². The van der Waals surface area contributed by atoms with Crippen molar-refractivity contribution >= 4 is 5.91 Å². The standard InChI is InChI=1S/C24H22F3N3O/c25-24(26,27)19-10-8-18(9-11-19)21-6-1-2-7-22(21)23(31)30-15-13-29(14-16-30)17-20-5-3-4-12-28-20/h1-12H,13-17H2. The summed E-state index contributed by atoms with van der Waals surface area (Å²) < 4.78 is 38.6. The predicted octanol–water partition coefficient (Wildman–Crippen LogP) is 4.73. The van der Waals surface area contributed by atoms with E-state index in [1.807, 2.05) is 18.2 Å². The number of pyridine rings is 1. The molecule has 7 heteroatoms. The fraction of sp³-hybridized carbons (Fsp3) is 0.250. The van der Waals surface area contributed by atoms with E-state index in [0.29, 0.717) is 29.8 Å². The number of alkyl halides is 3. The van der Waals surface area contributed by atoms with Crippen LogP contribution in [0.2, 0.25) is 0 Å². The third kappa shape index (κ3) is 4.94. The molecule has 1 saturated heterocycles. The van der Waals surface area contributed by atoms with Crippen LogP contribution in [0.25, 0.3) is 11.1 Å². The Kier molecular flexibility index (Phi) is 6.04. The number of rotatable bonds is 4. The third-order valence-electron chi connectivity index (χ3n) is 5.45. The number of hydrogen-bond donors (Lipinski definition) is 0. The minimum Gasteiger partial charge on any atom is -0.336 e. The molecule has 31 heavy (non-hydrogen) atoms. The average molecular weight is 425 g/mol. The number of piperazine rings is 1. The molecule has 1 aliphatic heterocycles. The molecule has 1 aliphatic rings. The van der Waals surface area contributed by atoms with Crippen molar-refractivity contribution < 1.29 is 18.0 Å². The second-order valence-corrected chi connectivity index (χ2v) is 7.51. The highest BCUT2D eigenvalue weighted by molar-refractivity contribution is 6.01. The SMILES string of the molecule is O=C(c1ccccc1-c1ccc(C(F)(F)F)cc1)N1CCN(Cc2ccccn2)CC1. The monoisotopic (exact) mass is 425 g/mol. The maximum Gasteiger partial charge on any atom is 0.416 e. The second kappa shape index (κ2) is 8.89. The zero-order valence-corrected chi connectivity index (χ0v) is 16.8. The summed E-state index contributed by atoms with van der Waals surface area (Å²) in [6, 6.07) is 17.8. The normalized spacial score (nSPS) is 15.1. The van der Waals surface area contributed by atoms with E-state index in [4.69, 9.17) is 0 Å². The predicted molar refractivity (Wildman–Crippen MR) is 112 cm³/mol. The molecule has 0 aliphatic carbocycles. The third-order valence-corrected chi connectivity index (χ3v) is 5.45. The zero-order valence-electron chi connectivity index (χ0n) is 16.8. The van der Waals surface area contributed by atoms with Gasteiger partial charge in [-0.3, -0.25) is 14.7 Å². The van der Waals surface area contributed by atoms with E-state index in [9.17, 15) is 18.0 Å². The van der Waals surface area contributed by atoms with Gasteiger partial charge in [0.1, 0.15) is 0 Å². The zero-order chi connectivity index (χ0) is 21.8. The lowest BCUT2D eigenvalue weighted by molar-refractivity contribution is -0.137. The van der Waals surface area contributed by atoms with Crippen LogP contribution in [-0.4, -0.2) is 46.9 Å². The molecule has 0 N–H and O–H groups in total. The van der Waals surface area contributed by atoms with Crippen LogP contribution < -0.4 is 0 Å². The van der Waals surface area contributed by atoms with Gasteiger partial charge < -0.3 is 4.90 Å². The summed E-state index contributed by atoms with van der Waals surface area (Å²) in [6.45, 7) is 3.40. The first-order chi connectivity index (χ1) is 14.9. The minimum atomic E-state index is -4.39. The molecule has 160 valence electrons. The Morgan fingerprint density at radius 3 is 2.19 bits per heavy atom. The molecule has 4 rings (SSSR count). The van der Waals surface area contributed by atoms with E-state index in [1.165, 1.54) is 12.1 Å². The second-order valence-electron chi connectivity index (χ2n) is 7.51. The molecule has 3 aromatic rings. The van der Waals surface area contributed by atoms with Gasteiger partial charge in [-0.05, 0) is 41.5 Å². The maximum atomic E-state index is 13.2. The quantitative estimate of drug-likeness (QED) is 0.607. The van der Waals surface area contributed by atoms with Crippen LogP contribution in [0.5, 0.6) is 0 Å². The lowest BCUT2D eigenvalue weighted by Crippen LogP contribution is -2.48. The van der Waals surface area contributed by atoms with Gasteiger partial charge in [0, 0.05) is 44.5 Å². The smallest absolute Gasteiger partial charge is 0.336 e. The van der Waals surface area contributed by atoms with Crippen molar-refractivity contribution in [3.8, 4) is 11.1 Å². The molecule has 1 aromatic heterocycles. The Hall–Kier alpha value is -3.19. The molecule has 4 nitrogen and oxygen atoms in total. The number of nitrogens with zero attached hydrogens (tertiary/aromatic N) is 3. The van der Waals surface area contributed by atoms with Gasteiger partial charge in [-0.25, -0.2) is 0 Å². The highest BCUT2D eigenvalue weighted by Gasteiger charge is 2.30. The largest absolute Gasteiger partial charge is 0.416 e. The van der Waals surface area contributed by atoms with E-state index in [1.54, 1.807) is 35.4 Å². The van der Waals surface area contributed by atoms with Crippen molar-refractivity contribution in [3.05, 3.63) is 89.7 Å². The fourth-order valence-electron chi connectivity index (χ4n) is 3.76. The average Bonchev–Trinajstić information content (AvgIpc) is 2.79. The van der Waals surface area contributed by atoms with Gasteiger partial charge in [0.25, 0.3) is 5.91 Å².